The van der Waals surface area contributed by atoms with Crippen molar-refractivity contribution in [2.24, 2.45) is 0 Å². The summed E-state index contributed by atoms with van der Waals surface area (Å²) < 4.78 is 37.1. The summed E-state index contributed by atoms with van der Waals surface area (Å²) in [6.07, 6.45) is -0.849. The number of nitrogens with one attached hydrogen (secondary N) is 1. The molecule has 0 bridgehead atoms. The Hall–Kier alpha value is -1.37. The summed E-state index contributed by atoms with van der Waals surface area (Å²) in [5, 5.41) is 2.11. The maximum absolute atomic E-state index is 13.7. The second-order valence-electron chi connectivity index (χ2n) is 3.81. The summed E-state index contributed by atoms with van der Waals surface area (Å²) in [6.45, 7) is -0.923. The van der Waals surface area contributed by atoms with Crippen molar-refractivity contribution in [3.8, 4) is 5.75 Å². The van der Waals surface area contributed by atoms with Crippen molar-refractivity contribution >= 4 is 22.0 Å². The van der Waals surface area contributed by atoms with Crippen LogP contribution in [0.25, 0.3) is 0 Å². The summed E-state index contributed by atoms with van der Waals surface area (Å²) >= 11 is 3.21. The Bertz CT molecular complexity index is 481. The fourth-order valence-electron chi connectivity index (χ4n) is 1.70. The van der Waals surface area contributed by atoms with Crippen LogP contribution in [0.4, 0.5) is 13.6 Å². The lowest BCUT2D eigenvalue weighted by Crippen LogP contribution is -2.49. The molecule has 1 aromatic rings. The normalized spacial score (nSPS) is 22.0. The van der Waals surface area contributed by atoms with Crippen molar-refractivity contribution in [2.45, 2.75) is 12.0 Å². The largest absolute Gasteiger partial charge is 0.496 e. The Morgan fingerprint density at radius 1 is 1.56 bits per heavy atom. The molecule has 0 aliphatic carbocycles. The Morgan fingerprint density at radius 2 is 2.28 bits per heavy atom. The summed E-state index contributed by atoms with van der Waals surface area (Å²) in [7, 11) is 1.48. The molecule has 4 nitrogen and oxygen atoms in total. The fourth-order valence-corrected chi connectivity index (χ4v) is 2.26. The highest BCUT2D eigenvalue weighted by Crippen LogP contribution is 2.37. The quantitative estimate of drug-likeness (QED) is 0.911. The topological polar surface area (TPSA) is 47.6 Å². The minimum atomic E-state index is -3.15. The molecule has 2 rings (SSSR count). The highest BCUT2D eigenvalue weighted by Gasteiger charge is 2.46. The van der Waals surface area contributed by atoms with E-state index < -0.39 is 24.7 Å². The number of methoxy groups -OCH3 is 1. The van der Waals surface area contributed by atoms with Gasteiger partial charge < -0.3 is 14.8 Å². The lowest BCUT2D eigenvalue weighted by atomic mass is 10.00. The van der Waals surface area contributed by atoms with Gasteiger partial charge in [0.05, 0.1) is 11.6 Å². The summed E-state index contributed by atoms with van der Waals surface area (Å²) in [5.41, 5.74) is 0.282. The predicted molar refractivity (Wildman–Crippen MR) is 62.9 cm³/mol. The van der Waals surface area contributed by atoms with E-state index in [1.165, 1.54) is 19.2 Å². The first-order valence-corrected chi connectivity index (χ1v) is 5.88. The van der Waals surface area contributed by atoms with Crippen molar-refractivity contribution in [3.05, 3.63) is 28.2 Å². The van der Waals surface area contributed by atoms with Crippen LogP contribution in [0.15, 0.2) is 22.7 Å². The zero-order chi connectivity index (χ0) is 13.3. The average Bonchev–Trinajstić information content (AvgIpc) is 2.32. The van der Waals surface area contributed by atoms with E-state index in [-0.39, 0.29) is 5.56 Å². The number of halogens is 3. The molecule has 0 unspecified atom stereocenters. The molecule has 1 fully saturated rings. The van der Waals surface area contributed by atoms with E-state index in [4.69, 9.17) is 4.74 Å². The van der Waals surface area contributed by atoms with Crippen LogP contribution in [0, 0.1) is 0 Å². The Kier molecular flexibility index (Phi) is 3.43. The van der Waals surface area contributed by atoms with E-state index in [0.717, 1.165) is 0 Å². The molecule has 0 aromatic heterocycles. The van der Waals surface area contributed by atoms with E-state index in [0.29, 0.717) is 10.2 Å². The van der Waals surface area contributed by atoms with Gasteiger partial charge in [0.1, 0.15) is 11.8 Å². The van der Waals surface area contributed by atoms with E-state index in [1.54, 1.807) is 6.07 Å². The van der Waals surface area contributed by atoms with Gasteiger partial charge in [-0.05, 0) is 33.6 Å². The SMILES string of the molecule is COc1ccc([C@H]2NC(=O)OCC2(F)F)cc1Br. The maximum Gasteiger partial charge on any atom is 0.408 e. The molecule has 18 heavy (non-hydrogen) atoms. The van der Waals surface area contributed by atoms with Crippen LogP contribution < -0.4 is 10.1 Å². The van der Waals surface area contributed by atoms with Crippen molar-refractivity contribution in [2.75, 3.05) is 13.7 Å². The molecular weight excluding hydrogens is 312 g/mol. The zero-order valence-corrected chi connectivity index (χ0v) is 11.0. The van der Waals surface area contributed by atoms with Crippen LogP contribution in [-0.4, -0.2) is 25.7 Å². The number of rotatable bonds is 2. The van der Waals surface area contributed by atoms with Crippen molar-refractivity contribution in [1.29, 1.82) is 0 Å². The average molecular weight is 322 g/mol. The van der Waals surface area contributed by atoms with Crippen molar-refractivity contribution in [3.63, 3.8) is 0 Å². The number of alkyl halides is 2. The van der Waals surface area contributed by atoms with Gasteiger partial charge >= 0.3 is 12.0 Å². The molecule has 98 valence electrons. The van der Waals surface area contributed by atoms with Crippen LogP contribution in [0.2, 0.25) is 0 Å². The molecule has 1 saturated heterocycles. The van der Waals surface area contributed by atoms with Gasteiger partial charge in [-0.25, -0.2) is 13.6 Å². The fraction of sp³-hybridized carbons (Fsp3) is 0.364. The number of carbonyl (C=O) groups is 1. The zero-order valence-electron chi connectivity index (χ0n) is 9.38. The first kappa shape index (κ1) is 13.1. The molecule has 1 aromatic carbocycles. The summed E-state index contributed by atoms with van der Waals surface area (Å²) in [6, 6.07) is 3.12. The first-order valence-electron chi connectivity index (χ1n) is 5.08. The number of amides is 1. The van der Waals surface area contributed by atoms with Crippen LogP contribution in [0.1, 0.15) is 11.6 Å². The van der Waals surface area contributed by atoms with E-state index >= 15 is 0 Å². The number of alkyl carbamates (subject to hydrolysis) is 1. The van der Waals surface area contributed by atoms with Gasteiger partial charge in [0.15, 0.2) is 6.61 Å². The molecular formula is C11H10BrF2NO3. The monoisotopic (exact) mass is 321 g/mol. The van der Waals surface area contributed by atoms with Gasteiger partial charge in [0.25, 0.3) is 0 Å². The highest BCUT2D eigenvalue weighted by molar-refractivity contribution is 9.10. The van der Waals surface area contributed by atoms with Crippen LogP contribution in [-0.2, 0) is 4.74 Å². The molecule has 1 atom stereocenters. The van der Waals surface area contributed by atoms with E-state index in [1.807, 2.05) is 0 Å². The van der Waals surface area contributed by atoms with Gasteiger partial charge in [-0.3, -0.25) is 0 Å². The second kappa shape index (κ2) is 4.72. The molecule has 1 amide bonds. The summed E-state index contributed by atoms with van der Waals surface area (Å²) in [4.78, 5) is 11.0. The van der Waals surface area contributed by atoms with Gasteiger partial charge in [-0.15, -0.1) is 0 Å². The van der Waals surface area contributed by atoms with Gasteiger partial charge in [-0.2, -0.15) is 0 Å². The van der Waals surface area contributed by atoms with Crippen LogP contribution in [0.3, 0.4) is 0 Å². The Morgan fingerprint density at radius 3 is 2.89 bits per heavy atom. The van der Waals surface area contributed by atoms with E-state index in [2.05, 4.69) is 26.0 Å². The maximum atomic E-state index is 13.7. The minimum Gasteiger partial charge on any atom is -0.496 e. The number of carbonyl (C=O) groups excluding carboxylic acids is 1. The number of ether oxygens (including phenoxy) is 2. The molecule has 1 aliphatic rings. The number of cyclic esters (lactones) is 1. The number of hydrogen-bond donors (Lipinski definition) is 1. The van der Waals surface area contributed by atoms with Crippen LogP contribution in [0.5, 0.6) is 5.75 Å². The van der Waals surface area contributed by atoms with Crippen LogP contribution >= 0.6 is 15.9 Å². The third-order valence-electron chi connectivity index (χ3n) is 2.59. The summed E-state index contributed by atoms with van der Waals surface area (Å²) in [5.74, 6) is -2.62. The highest BCUT2D eigenvalue weighted by atomic mass is 79.9. The van der Waals surface area contributed by atoms with Crippen molar-refractivity contribution < 1.29 is 23.0 Å². The van der Waals surface area contributed by atoms with Crippen molar-refractivity contribution in [1.82, 2.24) is 5.32 Å². The molecule has 1 heterocycles. The second-order valence-corrected chi connectivity index (χ2v) is 4.66. The molecule has 1 aliphatic heterocycles. The molecule has 0 spiro atoms. The third-order valence-corrected chi connectivity index (χ3v) is 3.21. The lowest BCUT2D eigenvalue weighted by Gasteiger charge is -2.32. The molecule has 7 heteroatoms. The Labute approximate surface area is 110 Å². The van der Waals surface area contributed by atoms with E-state index in [9.17, 15) is 13.6 Å². The third kappa shape index (κ3) is 2.40. The standard InChI is InChI=1S/C11H10BrF2NO3/c1-17-8-3-2-6(4-7(8)12)9-11(13,14)5-18-10(16)15-9/h2-4,9H,5H2,1H3,(H,15,16)/t9-/m1/s1. The number of hydrogen-bond acceptors (Lipinski definition) is 3. The number of benzene rings is 1. The smallest absolute Gasteiger partial charge is 0.408 e. The molecule has 0 radical (unpaired) electrons. The molecule has 1 N–H and O–H groups in total. The van der Waals surface area contributed by atoms with Gasteiger partial charge in [0, 0.05) is 0 Å². The Balaban J connectivity index is 2.34. The van der Waals surface area contributed by atoms with Gasteiger partial charge in [-0.1, -0.05) is 6.07 Å². The predicted octanol–water partition coefficient (Wildman–Crippen LogP) is 2.87. The molecule has 0 saturated carbocycles. The first-order chi connectivity index (χ1) is 8.44. The van der Waals surface area contributed by atoms with Gasteiger partial charge in [0.2, 0.25) is 0 Å². The lowest BCUT2D eigenvalue weighted by molar-refractivity contribution is -0.104. The minimum absolute atomic E-state index is 0.282.